The van der Waals surface area contributed by atoms with Gasteiger partial charge in [-0.15, -0.1) is 0 Å². The average Bonchev–Trinajstić information content (AvgIpc) is 2.70. The van der Waals surface area contributed by atoms with Crippen molar-refractivity contribution in [2.45, 2.75) is 13.8 Å². The Hall–Kier alpha value is -2.90. The first kappa shape index (κ1) is 17.9. The molecule has 0 aliphatic carbocycles. The van der Waals surface area contributed by atoms with Crippen LogP contribution in [0.3, 0.4) is 0 Å². The fourth-order valence-corrected chi connectivity index (χ4v) is 2.63. The summed E-state index contributed by atoms with van der Waals surface area (Å²) in [7, 11) is 0. The van der Waals surface area contributed by atoms with Crippen LogP contribution in [-0.2, 0) is 0 Å². The molecular weight excluding hydrogens is 322 g/mol. The number of nitrogens with zero attached hydrogens (tertiary/aromatic N) is 3. The second kappa shape index (κ2) is 8.98. The van der Waals surface area contributed by atoms with E-state index < -0.39 is 0 Å². The molecule has 2 aromatic carbocycles. The molecule has 0 amide bonds. The second-order valence-corrected chi connectivity index (χ2v) is 5.86. The van der Waals surface area contributed by atoms with E-state index in [-0.39, 0.29) is 0 Å². The number of para-hydroxylation sites is 2. The summed E-state index contributed by atoms with van der Waals surface area (Å²) in [6.45, 7) is 7.72. The van der Waals surface area contributed by atoms with E-state index in [4.69, 9.17) is 4.74 Å². The molecular formula is C22H23N3O. The van der Waals surface area contributed by atoms with Crippen molar-refractivity contribution in [3.05, 3.63) is 65.9 Å². The number of hydrogen-bond donors (Lipinski definition) is 0. The van der Waals surface area contributed by atoms with Gasteiger partial charge in [0.15, 0.2) is 5.69 Å². The first-order chi connectivity index (χ1) is 12.8. The molecule has 0 unspecified atom stereocenters. The van der Waals surface area contributed by atoms with Gasteiger partial charge in [0.2, 0.25) is 5.88 Å². The van der Waals surface area contributed by atoms with Crippen LogP contribution >= 0.6 is 0 Å². The Balaban J connectivity index is 1.88. The van der Waals surface area contributed by atoms with Gasteiger partial charge >= 0.3 is 0 Å². The third kappa shape index (κ3) is 4.59. The minimum atomic E-state index is 0.499. The van der Waals surface area contributed by atoms with E-state index in [1.807, 2.05) is 54.6 Å². The molecule has 4 nitrogen and oxygen atoms in total. The number of aromatic nitrogens is 2. The highest BCUT2D eigenvalue weighted by molar-refractivity contribution is 5.75. The van der Waals surface area contributed by atoms with Crippen LogP contribution in [0.4, 0.5) is 0 Å². The number of fused-ring (bicyclic) bond motifs is 1. The number of ether oxygens (including phenoxy) is 1. The predicted octanol–water partition coefficient (Wildman–Crippen LogP) is 3.75. The Morgan fingerprint density at radius 3 is 2.19 bits per heavy atom. The molecule has 4 heteroatoms. The van der Waals surface area contributed by atoms with Crippen LogP contribution in [0.5, 0.6) is 5.88 Å². The van der Waals surface area contributed by atoms with Crippen LogP contribution in [0, 0.1) is 11.8 Å². The third-order valence-corrected chi connectivity index (χ3v) is 4.18. The van der Waals surface area contributed by atoms with Crippen LogP contribution in [0.1, 0.15) is 25.1 Å². The fourth-order valence-electron chi connectivity index (χ4n) is 2.63. The summed E-state index contributed by atoms with van der Waals surface area (Å²) in [6.07, 6.45) is 0. The zero-order valence-electron chi connectivity index (χ0n) is 15.3. The maximum atomic E-state index is 5.95. The lowest BCUT2D eigenvalue weighted by Crippen LogP contribution is -2.28. The van der Waals surface area contributed by atoms with Crippen molar-refractivity contribution in [1.29, 1.82) is 0 Å². The predicted molar refractivity (Wildman–Crippen MR) is 105 cm³/mol. The van der Waals surface area contributed by atoms with E-state index in [2.05, 4.69) is 40.6 Å². The van der Waals surface area contributed by atoms with Crippen molar-refractivity contribution in [2.75, 3.05) is 26.2 Å². The molecule has 3 aromatic rings. The standard InChI is InChI=1S/C22H23N3O/c1-3-25(4-2)16-17-26-22-21(15-14-18-10-6-5-7-11-18)23-19-12-8-9-13-20(19)24-22/h5-13H,3-4,16-17H2,1-2H3. The Labute approximate surface area is 154 Å². The molecule has 132 valence electrons. The Bertz CT molecular complexity index is 909. The highest BCUT2D eigenvalue weighted by Gasteiger charge is 2.09. The summed E-state index contributed by atoms with van der Waals surface area (Å²) >= 11 is 0. The summed E-state index contributed by atoms with van der Waals surface area (Å²) in [6, 6.07) is 17.6. The van der Waals surface area contributed by atoms with E-state index in [0.29, 0.717) is 18.2 Å². The highest BCUT2D eigenvalue weighted by atomic mass is 16.5. The van der Waals surface area contributed by atoms with E-state index in [9.17, 15) is 0 Å². The molecule has 0 aliphatic heterocycles. The van der Waals surface area contributed by atoms with Crippen LogP contribution in [0.25, 0.3) is 11.0 Å². The van der Waals surface area contributed by atoms with Gasteiger partial charge in [0.05, 0.1) is 11.0 Å². The molecule has 0 radical (unpaired) electrons. The van der Waals surface area contributed by atoms with Crippen molar-refractivity contribution < 1.29 is 4.74 Å². The summed E-state index contributed by atoms with van der Waals surface area (Å²) in [5.41, 5.74) is 3.15. The molecule has 0 N–H and O–H groups in total. The smallest absolute Gasteiger partial charge is 0.249 e. The summed E-state index contributed by atoms with van der Waals surface area (Å²) in [4.78, 5) is 11.6. The van der Waals surface area contributed by atoms with Crippen molar-refractivity contribution in [3.8, 4) is 17.7 Å². The first-order valence-electron chi connectivity index (χ1n) is 8.99. The van der Waals surface area contributed by atoms with Gasteiger partial charge < -0.3 is 9.64 Å². The van der Waals surface area contributed by atoms with Crippen LogP contribution in [-0.4, -0.2) is 41.1 Å². The summed E-state index contributed by atoms with van der Waals surface area (Å²) in [5, 5.41) is 0. The van der Waals surface area contributed by atoms with Gasteiger partial charge in [-0.2, -0.15) is 0 Å². The second-order valence-electron chi connectivity index (χ2n) is 5.86. The average molecular weight is 345 g/mol. The monoisotopic (exact) mass is 345 g/mol. The lowest BCUT2D eigenvalue weighted by molar-refractivity contribution is 0.217. The van der Waals surface area contributed by atoms with E-state index in [1.54, 1.807) is 0 Å². The zero-order chi connectivity index (χ0) is 18.2. The zero-order valence-corrected chi connectivity index (χ0v) is 15.3. The van der Waals surface area contributed by atoms with Gasteiger partial charge in [-0.1, -0.05) is 50.1 Å². The number of likely N-dealkylation sites (N-methyl/N-ethyl adjacent to an activating group) is 1. The van der Waals surface area contributed by atoms with Gasteiger partial charge in [0, 0.05) is 12.1 Å². The maximum absolute atomic E-state index is 5.95. The molecule has 0 aliphatic rings. The van der Waals surface area contributed by atoms with Gasteiger partial charge in [0.1, 0.15) is 6.61 Å². The fraction of sp³-hybridized carbons (Fsp3) is 0.273. The Morgan fingerprint density at radius 2 is 1.50 bits per heavy atom. The number of benzene rings is 2. The maximum Gasteiger partial charge on any atom is 0.249 e. The number of hydrogen-bond acceptors (Lipinski definition) is 4. The van der Waals surface area contributed by atoms with Crippen molar-refractivity contribution in [2.24, 2.45) is 0 Å². The van der Waals surface area contributed by atoms with Crippen molar-refractivity contribution >= 4 is 11.0 Å². The topological polar surface area (TPSA) is 38.2 Å². The molecule has 0 saturated carbocycles. The van der Waals surface area contributed by atoms with Gasteiger partial charge in [-0.05, 0) is 43.3 Å². The number of rotatable bonds is 6. The van der Waals surface area contributed by atoms with E-state index in [0.717, 1.165) is 36.2 Å². The SMILES string of the molecule is CCN(CC)CCOc1nc2ccccc2nc1C#Cc1ccccc1. The van der Waals surface area contributed by atoms with Crippen LogP contribution in [0.2, 0.25) is 0 Å². The van der Waals surface area contributed by atoms with Crippen LogP contribution in [0.15, 0.2) is 54.6 Å². The summed E-state index contributed by atoms with van der Waals surface area (Å²) < 4.78 is 5.95. The molecule has 0 spiro atoms. The molecule has 0 saturated heterocycles. The van der Waals surface area contributed by atoms with Gasteiger partial charge in [-0.3, -0.25) is 0 Å². The molecule has 0 fully saturated rings. The van der Waals surface area contributed by atoms with Crippen molar-refractivity contribution in [1.82, 2.24) is 14.9 Å². The lowest BCUT2D eigenvalue weighted by atomic mass is 10.2. The lowest BCUT2D eigenvalue weighted by Gasteiger charge is -2.18. The molecule has 1 heterocycles. The quantitative estimate of drug-likeness (QED) is 0.638. The molecule has 26 heavy (non-hydrogen) atoms. The Morgan fingerprint density at radius 1 is 0.846 bits per heavy atom. The first-order valence-corrected chi connectivity index (χ1v) is 8.99. The minimum Gasteiger partial charge on any atom is -0.474 e. The van der Waals surface area contributed by atoms with Gasteiger partial charge in [-0.25, -0.2) is 9.97 Å². The molecule has 0 bridgehead atoms. The molecule has 0 atom stereocenters. The van der Waals surface area contributed by atoms with Gasteiger partial charge in [0.25, 0.3) is 0 Å². The molecule has 1 aromatic heterocycles. The van der Waals surface area contributed by atoms with E-state index >= 15 is 0 Å². The Kier molecular flexibility index (Phi) is 6.19. The van der Waals surface area contributed by atoms with Crippen molar-refractivity contribution in [3.63, 3.8) is 0 Å². The van der Waals surface area contributed by atoms with E-state index in [1.165, 1.54) is 0 Å². The largest absolute Gasteiger partial charge is 0.474 e. The summed E-state index contributed by atoms with van der Waals surface area (Å²) in [5.74, 6) is 6.77. The minimum absolute atomic E-state index is 0.499. The highest BCUT2D eigenvalue weighted by Crippen LogP contribution is 2.18. The normalized spacial score (nSPS) is 10.6. The molecule has 3 rings (SSSR count). The van der Waals surface area contributed by atoms with Crippen LogP contribution < -0.4 is 4.74 Å². The third-order valence-electron chi connectivity index (χ3n) is 4.18.